The summed E-state index contributed by atoms with van der Waals surface area (Å²) in [4.78, 5) is 0. The number of hydrogen-bond donors (Lipinski definition) is 1. The summed E-state index contributed by atoms with van der Waals surface area (Å²) in [6.45, 7) is 0.683. The van der Waals surface area contributed by atoms with E-state index in [0.29, 0.717) is 17.8 Å². The quantitative estimate of drug-likeness (QED) is 0.868. The zero-order chi connectivity index (χ0) is 13.0. The molecule has 2 unspecified atom stereocenters. The molecule has 4 heteroatoms. The van der Waals surface area contributed by atoms with Gasteiger partial charge in [-0.15, -0.1) is 0 Å². The largest absolute Gasteiger partial charge is 0.309 e. The van der Waals surface area contributed by atoms with E-state index in [1.165, 1.54) is 25.3 Å². The first-order valence-corrected chi connectivity index (χ1v) is 7.62. The average molecular weight is 271 g/mol. The van der Waals surface area contributed by atoms with Crippen molar-refractivity contribution in [3.63, 3.8) is 0 Å². The maximum atomic E-state index is 12.6. The van der Waals surface area contributed by atoms with Gasteiger partial charge in [-0.3, -0.25) is 0 Å². The molecule has 1 aromatic carbocycles. The summed E-state index contributed by atoms with van der Waals surface area (Å²) in [5, 5.41) is 4.17. The number of rotatable bonds is 5. The van der Waals surface area contributed by atoms with Gasteiger partial charge >= 0.3 is 0 Å². The lowest BCUT2D eigenvalue weighted by Gasteiger charge is -2.19. The van der Waals surface area contributed by atoms with E-state index in [1.807, 2.05) is 17.8 Å². The zero-order valence-electron chi connectivity index (χ0n) is 10.5. The zero-order valence-corrected chi connectivity index (χ0v) is 11.4. The second kappa shape index (κ2) is 6.53. The molecule has 0 aliphatic heterocycles. The van der Waals surface area contributed by atoms with E-state index in [0.717, 1.165) is 5.56 Å². The number of alkyl halides is 2. The molecule has 18 heavy (non-hydrogen) atoms. The Bertz CT molecular complexity index is 384. The van der Waals surface area contributed by atoms with Gasteiger partial charge in [-0.2, -0.15) is 11.8 Å². The number of hydrogen-bond acceptors (Lipinski definition) is 2. The van der Waals surface area contributed by atoms with Crippen molar-refractivity contribution in [3.05, 3.63) is 35.4 Å². The summed E-state index contributed by atoms with van der Waals surface area (Å²) in [5.41, 5.74) is 1.06. The minimum Gasteiger partial charge on any atom is -0.309 e. The fourth-order valence-electron chi connectivity index (χ4n) is 2.53. The number of thioether (sulfide) groups is 1. The van der Waals surface area contributed by atoms with Gasteiger partial charge in [-0.1, -0.05) is 24.6 Å². The van der Waals surface area contributed by atoms with Crippen molar-refractivity contribution in [1.29, 1.82) is 0 Å². The van der Waals surface area contributed by atoms with Crippen molar-refractivity contribution in [2.75, 3.05) is 6.26 Å². The Morgan fingerprint density at radius 1 is 1.39 bits per heavy atom. The lowest BCUT2D eigenvalue weighted by Crippen LogP contribution is -2.33. The molecule has 2 atom stereocenters. The molecule has 2 rings (SSSR count). The van der Waals surface area contributed by atoms with Crippen LogP contribution >= 0.6 is 11.8 Å². The predicted molar refractivity (Wildman–Crippen MR) is 73.2 cm³/mol. The molecule has 1 saturated carbocycles. The standard InChI is InChI=1S/C14H19F2NS/c1-18-13-7-3-6-12(13)17-9-10-4-2-5-11(8-10)14(15)16/h2,4-5,8,12-14,17H,3,6-7,9H2,1H3. The van der Waals surface area contributed by atoms with Crippen LogP contribution in [0.25, 0.3) is 0 Å². The maximum absolute atomic E-state index is 12.6. The van der Waals surface area contributed by atoms with E-state index in [2.05, 4.69) is 11.6 Å². The van der Waals surface area contributed by atoms with E-state index in [4.69, 9.17) is 0 Å². The van der Waals surface area contributed by atoms with E-state index in [-0.39, 0.29) is 5.56 Å². The van der Waals surface area contributed by atoms with Crippen LogP contribution in [-0.4, -0.2) is 17.5 Å². The highest BCUT2D eigenvalue weighted by atomic mass is 32.2. The summed E-state index contributed by atoms with van der Waals surface area (Å²) in [6.07, 6.45) is 3.48. The van der Waals surface area contributed by atoms with Crippen LogP contribution in [0.15, 0.2) is 24.3 Å². The second-order valence-electron chi connectivity index (χ2n) is 4.74. The highest BCUT2D eigenvalue weighted by Crippen LogP contribution is 2.28. The molecule has 0 heterocycles. The van der Waals surface area contributed by atoms with Crippen LogP contribution in [0.4, 0.5) is 8.78 Å². The molecule has 0 radical (unpaired) electrons. The maximum Gasteiger partial charge on any atom is 0.263 e. The van der Waals surface area contributed by atoms with Crippen molar-refractivity contribution >= 4 is 11.8 Å². The van der Waals surface area contributed by atoms with E-state index in [1.54, 1.807) is 12.1 Å². The third-order valence-corrected chi connectivity index (χ3v) is 4.70. The molecule has 1 N–H and O–H groups in total. The van der Waals surface area contributed by atoms with E-state index < -0.39 is 6.43 Å². The first-order valence-electron chi connectivity index (χ1n) is 6.34. The van der Waals surface area contributed by atoms with Crippen molar-refractivity contribution in [3.8, 4) is 0 Å². The molecule has 1 nitrogen and oxygen atoms in total. The Kier molecular flexibility index (Phi) is 5.01. The number of halogens is 2. The van der Waals surface area contributed by atoms with Crippen LogP contribution in [0, 0.1) is 0 Å². The normalized spacial score (nSPS) is 23.8. The minimum absolute atomic E-state index is 0.113. The Morgan fingerprint density at radius 3 is 2.94 bits per heavy atom. The molecule has 0 saturated heterocycles. The van der Waals surface area contributed by atoms with Crippen LogP contribution in [0.1, 0.15) is 36.8 Å². The van der Waals surface area contributed by atoms with Crippen LogP contribution in [0.2, 0.25) is 0 Å². The summed E-state index contributed by atoms with van der Waals surface area (Å²) in [7, 11) is 0. The van der Waals surface area contributed by atoms with Gasteiger partial charge in [0.25, 0.3) is 6.43 Å². The highest BCUT2D eigenvalue weighted by Gasteiger charge is 2.25. The first kappa shape index (κ1) is 13.8. The summed E-state index contributed by atoms with van der Waals surface area (Å²) in [6, 6.07) is 7.21. The van der Waals surface area contributed by atoms with Crippen molar-refractivity contribution < 1.29 is 8.78 Å². The molecule has 1 aromatic rings. The van der Waals surface area contributed by atoms with Gasteiger partial charge in [0.05, 0.1) is 0 Å². The topological polar surface area (TPSA) is 12.0 Å². The van der Waals surface area contributed by atoms with Gasteiger partial charge in [0.1, 0.15) is 0 Å². The smallest absolute Gasteiger partial charge is 0.263 e. The summed E-state index contributed by atoms with van der Waals surface area (Å²) < 4.78 is 25.2. The average Bonchev–Trinajstić information content (AvgIpc) is 2.84. The Labute approximate surface area is 111 Å². The Morgan fingerprint density at radius 2 is 2.22 bits per heavy atom. The monoisotopic (exact) mass is 271 g/mol. The fraction of sp³-hybridized carbons (Fsp3) is 0.571. The summed E-state index contributed by atoms with van der Waals surface area (Å²) in [5.74, 6) is 0. The number of nitrogens with one attached hydrogen (secondary N) is 1. The van der Waals surface area contributed by atoms with Crippen molar-refractivity contribution in [1.82, 2.24) is 5.32 Å². The fourth-order valence-corrected chi connectivity index (χ4v) is 3.49. The molecule has 1 aliphatic carbocycles. The Hall–Kier alpha value is -0.610. The van der Waals surface area contributed by atoms with Crippen LogP contribution < -0.4 is 5.32 Å². The molecule has 0 bridgehead atoms. The molecular formula is C14H19F2NS. The van der Waals surface area contributed by atoms with Crippen LogP contribution in [-0.2, 0) is 6.54 Å². The van der Waals surface area contributed by atoms with E-state index in [9.17, 15) is 8.78 Å². The second-order valence-corrected chi connectivity index (χ2v) is 5.82. The molecule has 1 aliphatic rings. The van der Waals surface area contributed by atoms with Gasteiger partial charge in [0.2, 0.25) is 0 Å². The van der Waals surface area contributed by atoms with Crippen molar-refractivity contribution in [2.45, 2.75) is 43.5 Å². The van der Waals surface area contributed by atoms with Crippen molar-refractivity contribution in [2.24, 2.45) is 0 Å². The van der Waals surface area contributed by atoms with Gasteiger partial charge in [0.15, 0.2) is 0 Å². The third kappa shape index (κ3) is 3.45. The SMILES string of the molecule is CSC1CCCC1NCc1cccc(C(F)F)c1. The lowest BCUT2D eigenvalue weighted by atomic mass is 10.1. The summed E-state index contributed by atoms with van der Waals surface area (Å²) >= 11 is 1.90. The molecule has 0 spiro atoms. The van der Waals surface area contributed by atoms with Gasteiger partial charge in [-0.05, 0) is 30.7 Å². The molecule has 0 aromatic heterocycles. The Balaban J connectivity index is 1.91. The van der Waals surface area contributed by atoms with Gasteiger partial charge < -0.3 is 5.32 Å². The first-order chi connectivity index (χ1) is 8.70. The van der Waals surface area contributed by atoms with Gasteiger partial charge in [0, 0.05) is 23.4 Å². The van der Waals surface area contributed by atoms with Crippen LogP contribution in [0.3, 0.4) is 0 Å². The number of benzene rings is 1. The molecule has 1 fully saturated rings. The highest BCUT2D eigenvalue weighted by molar-refractivity contribution is 7.99. The molecular weight excluding hydrogens is 252 g/mol. The van der Waals surface area contributed by atoms with Crippen LogP contribution in [0.5, 0.6) is 0 Å². The third-order valence-electron chi connectivity index (χ3n) is 3.53. The minimum atomic E-state index is -2.38. The molecule has 0 amide bonds. The predicted octanol–water partition coefficient (Wildman–Crippen LogP) is 4.00. The van der Waals surface area contributed by atoms with Gasteiger partial charge in [-0.25, -0.2) is 8.78 Å². The lowest BCUT2D eigenvalue weighted by molar-refractivity contribution is 0.151. The molecule has 100 valence electrons. The van der Waals surface area contributed by atoms with E-state index >= 15 is 0 Å².